The Morgan fingerprint density at radius 3 is 2.80 bits per heavy atom. The maximum atomic E-state index is 4.07. The first-order valence-corrected chi connectivity index (χ1v) is 5.09. The van der Waals surface area contributed by atoms with E-state index in [0.717, 1.165) is 12.0 Å². The molecule has 0 saturated carbocycles. The second-order valence-electron chi connectivity index (χ2n) is 3.60. The maximum Gasteiger partial charge on any atom is -0.00880 e. The van der Waals surface area contributed by atoms with Crippen molar-refractivity contribution in [3.8, 4) is 0 Å². The van der Waals surface area contributed by atoms with Gasteiger partial charge in [-0.1, -0.05) is 61.7 Å². The number of rotatable bonds is 1. The number of hydrogen-bond donors (Lipinski definition) is 0. The number of fused-ring (bicyclic) bond motifs is 1. The Bertz CT molecular complexity index is 459. The van der Waals surface area contributed by atoms with Crippen LogP contribution in [0.1, 0.15) is 11.1 Å². The Morgan fingerprint density at radius 2 is 2.00 bits per heavy atom. The van der Waals surface area contributed by atoms with Gasteiger partial charge in [-0.2, -0.15) is 0 Å². The summed E-state index contributed by atoms with van der Waals surface area (Å²) < 4.78 is 0. The third kappa shape index (κ3) is 1.84. The van der Waals surface area contributed by atoms with Crippen LogP contribution >= 0.6 is 0 Å². The van der Waals surface area contributed by atoms with E-state index in [9.17, 15) is 0 Å². The van der Waals surface area contributed by atoms with Gasteiger partial charge in [0.05, 0.1) is 0 Å². The minimum Gasteiger partial charge on any atom is -0.0990 e. The standard InChI is InChI=1S/C15H14/c1-3-7-14-12(2)8-6-10-13-9-4-5-11-15(13)14/h3-9,11H,1-2,10H2/b14-7+. The number of benzene rings is 1. The molecule has 0 aromatic heterocycles. The molecular weight excluding hydrogens is 180 g/mol. The van der Waals surface area contributed by atoms with E-state index in [0.29, 0.717) is 0 Å². The quantitative estimate of drug-likeness (QED) is 0.635. The molecule has 2 rings (SSSR count). The van der Waals surface area contributed by atoms with Crippen LogP contribution < -0.4 is 0 Å². The Morgan fingerprint density at radius 1 is 1.20 bits per heavy atom. The predicted octanol–water partition coefficient (Wildman–Crippen LogP) is 3.92. The molecular formula is C15H14. The van der Waals surface area contributed by atoms with Crippen molar-refractivity contribution in [1.29, 1.82) is 0 Å². The molecule has 0 aliphatic heterocycles. The van der Waals surface area contributed by atoms with Gasteiger partial charge in [-0.05, 0) is 28.7 Å². The molecule has 0 spiro atoms. The SMILES string of the molecule is C=C/C=C1\C(=C)C=CCc2ccccc21. The third-order valence-corrected chi connectivity index (χ3v) is 2.59. The van der Waals surface area contributed by atoms with Crippen molar-refractivity contribution in [3.63, 3.8) is 0 Å². The van der Waals surface area contributed by atoms with E-state index in [1.165, 1.54) is 16.7 Å². The van der Waals surface area contributed by atoms with Crippen LogP contribution in [0.15, 0.2) is 67.3 Å². The Labute approximate surface area is 91.0 Å². The molecule has 15 heavy (non-hydrogen) atoms. The van der Waals surface area contributed by atoms with E-state index in [1.54, 1.807) is 0 Å². The van der Waals surface area contributed by atoms with E-state index < -0.39 is 0 Å². The molecule has 0 atom stereocenters. The van der Waals surface area contributed by atoms with E-state index in [1.807, 2.05) is 12.2 Å². The molecule has 1 aliphatic carbocycles. The molecule has 1 aliphatic rings. The van der Waals surface area contributed by atoms with Gasteiger partial charge in [0.15, 0.2) is 0 Å². The fourth-order valence-corrected chi connectivity index (χ4v) is 1.87. The van der Waals surface area contributed by atoms with Crippen molar-refractivity contribution in [2.24, 2.45) is 0 Å². The molecule has 0 N–H and O–H groups in total. The van der Waals surface area contributed by atoms with Crippen molar-refractivity contribution in [2.75, 3.05) is 0 Å². The number of hydrogen-bond acceptors (Lipinski definition) is 0. The van der Waals surface area contributed by atoms with Crippen molar-refractivity contribution >= 4 is 5.57 Å². The van der Waals surface area contributed by atoms with Gasteiger partial charge < -0.3 is 0 Å². The van der Waals surface area contributed by atoms with Gasteiger partial charge in [-0.15, -0.1) is 0 Å². The molecule has 1 aromatic rings. The lowest BCUT2D eigenvalue weighted by atomic mass is 9.95. The van der Waals surface area contributed by atoms with Crippen molar-refractivity contribution in [1.82, 2.24) is 0 Å². The Kier molecular flexibility index (Phi) is 2.68. The fourth-order valence-electron chi connectivity index (χ4n) is 1.87. The zero-order valence-electron chi connectivity index (χ0n) is 8.74. The van der Waals surface area contributed by atoms with Gasteiger partial charge in [0.1, 0.15) is 0 Å². The highest BCUT2D eigenvalue weighted by atomic mass is 14.1. The molecule has 0 saturated heterocycles. The summed E-state index contributed by atoms with van der Waals surface area (Å²) >= 11 is 0. The summed E-state index contributed by atoms with van der Waals surface area (Å²) in [5, 5.41) is 0. The average Bonchev–Trinajstić information content (AvgIpc) is 2.40. The van der Waals surface area contributed by atoms with Gasteiger partial charge in [-0.3, -0.25) is 0 Å². The smallest absolute Gasteiger partial charge is 0.00880 e. The lowest BCUT2D eigenvalue weighted by molar-refractivity contribution is 1.26. The molecule has 0 fully saturated rings. The second-order valence-corrected chi connectivity index (χ2v) is 3.60. The molecule has 0 unspecified atom stereocenters. The van der Waals surface area contributed by atoms with Crippen LogP contribution in [-0.4, -0.2) is 0 Å². The summed E-state index contributed by atoms with van der Waals surface area (Å²) in [7, 11) is 0. The topological polar surface area (TPSA) is 0 Å². The highest BCUT2D eigenvalue weighted by Crippen LogP contribution is 2.29. The summed E-state index contributed by atoms with van der Waals surface area (Å²) in [6.45, 7) is 7.82. The largest absolute Gasteiger partial charge is 0.0990 e. The second kappa shape index (κ2) is 4.14. The average molecular weight is 194 g/mol. The highest BCUT2D eigenvalue weighted by Gasteiger charge is 2.10. The van der Waals surface area contributed by atoms with Gasteiger partial charge in [0, 0.05) is 0 Å². The van der Waals surface area contributed by atoms with E-state index >= 15 is 0 Å². The maximum absolute atomic E-state index is 4.07. The lowest BCUT2D eigenvalue weighted by Crippen LogP contribution is -1.90. The first-order chi connectivity index (χ1) is 7.33. The van der Waals surface area contributed by atoms with Crippen molar-refractivity contribution in [3.05, 3.63) is 78.4 Å². The minimum absolute atomic E-state index is 0.976. The number of allylic oxidation sites excluding steroid dienone is 6. The predicted molar refractivity (Wildman–Crippen MR) is 66.6 cm³/mol. The van der Waals surface area contributed by atoms with Crippen LogP contribution in [0.5, 0.6) is 0 Å². The lowest BCUT2D eigenvalue weighted by Gasteiger charge is -2.09. The molecule has 74 valence electrons. The van der Waals surface area contributed by atoms with Crippen LogP contribution in [0.3, 0.4) is 0 Å². The third-order valence-electron chi connectivity index (χ3n) is 2.59. The van der Waals surface area contributed by atoms with Crippen LogP contribution in [0.2, 0.25) is 0 Å². The van der Waals surface area contributed by atoms with Gasteiger partial charge >= 0.3 is 0 Å². The van der Waals surface area contributed by atoms with E-state index in [-0.39, 0.29) is 0 Å². The zero-order chi connectivity index (χ0) is 10.7. The van der Waals surface area contributed by atoms with E-state index in [2.05, 4.69) is 49.6 Å². The van der Waals surface area contributed by atoms with Crippen molar-refractivity contribution < 1.29 is 0 Å². The Balaban J connectivity index is 2.63. The first kappa shape index (κ1) is 9.72. The fraction of sp³-hybridized carbons (Fsp3) is 0.0667. The zero-order valence-corrected chi connectivity index (χ0v) is 8.74. The van der Waals surface area contributed by atoms with Crippen molar-refractivity contribution in [2.45, 2.75) is 6.42 Å². The molecule has 0 radical (unpaired) electrons. The monoisotopic (exact) mass is 194 g/mol. The summed E-state index contributed by atoms with van der Waals surface area (Å²) in [5.41, 5.74) is 4.85. The van der Waals surface area contributed by atoms with Crippen LogP contribution in [0.25, 0.3) is 5.57 Å². The summed E-state index contributed by atoms with van der Waals surface area (Å²) in [5.74, 6) is 0. The summed E-state index contributed by atoms with van der Waals surface area (Å²) in [4.78, 5) is 0. The molecule has 0 heterocycles. The highest BCUT2D eigenvalue weighted by molar-refractivity contribution is 5.84. The molecule has 0 nitrogen and oxygen atoms in total. The van der Waals surface area contributed by atoms with Crippen LogP contribution in [0, 0.1) is 0 Å². The normalized spacial score (nSPS) is 17.3. The first-order valence-electron chi connectivity index (χ1n) is 5.09. The molecule has 0 bridgehead atoms. The molecule has 1 aromatic carbocycles. The molecule has 0 heteroatoms. The summed E-state index contributed by atoms with van der Waals surface area (Å²) in [6, 6.07) is 8.44. The summed E-state index contributed by atoms with van der Waals surface area (Å²) in [6.07, 6.45) is 9.05. The van der Waals surface area contributed by atoms with Crippen LogP contribution in [0.4, 0.5) is 0 Å². The Hall–Kier alpha value is -1.82. The van der Waals surface area contributed by atoms with Crippen LogP contribution in [-0.2, 0) is 6.42 Å². The van der Waals surface area contributed by atoms with Gasteiger partial charge in [0.25, 0.3) is 0 Å². The molecule has 0 amide bonds. The van der Waals surface area contributed by atoms with E-state index in [4.69, 9.17) is 0 Å². The van der Waals surface area contributed by atoms with Gasteiger partial charge in [0.2, 0.25) is 0 Å². The minimum atomic E-state index is 0.976. The van der Waals surface area contributed by atoms with Gasteiger partial charge in [-0.25, -0.2) is 0 Å².